The fraction of sp³-hybridized carbons (Fsp3) is 0.520. The number of fused-ring (bicyclic) bond motifs is 4. The van der Waals surface area contributed by atoms with Crippen LogP contribution in [-0.4, -0.2) is 47.8 Å². The molecule has 0 bridgehead atoms. The number of benzene rings is 1. The second-order valence-corrected chi connectivity index (χ2v) is 8.95. The van der Waals surface area contributed by atoms with Crippen molar-refractivity contribution in [2.24, 2.45) is 5.92 Å². The van der Waals surface area contributed by atoms with Gasteiger partial charge in [0.05, 0.1) is 13.2 Å². The zero-order chi connectivity index (χ0) is 22.1. The van der Waals surface area contributed by atoms with Crippen molar-refractivity contribution < 1.29 is 19.0 Å². The summed E-state index contributed by atoms with van der Waals surface area (Å²) in [6.07, 6.45) is 5.69. The number of aromatic nitrogens is 1. The number of pyridine rings is 1. The molecule has 32 heavy (non-hydrogen) atoms. The average molecular weight is 439 g/mol. The normalized spacial score (nSPS) is 23.7. The number of nitrogens with zero attached hydrogens (tertiary/aromatic N) is 2. The van der Waals surface area contributed by atoms with E-state index in [2.05, 4.69) is 6.07 Å². The van der Waals surface area contributed by atoms with Gasteiger partial charge in [-0.25, -0.2) is 0 Å². The Labute approximate surface area is 187 Å². The lowest BCUT2D eigenvalue weighted by Crippen LogP contribution is -2.57. The Hall–Kier alpha value is -2.80. The zero-order valence-electron chi connectivity index (χ0n) is 18.5. The molecule has 3 aliphatic rings. The summed E-state index contributed by atoms with van der Waals surface area (Å²) in [5.74, 6) is 1.89. The molecule has 2 aromatic rings. The molecule has 3 aliphatic heterocycles. The first-order valence-electron chi connectivity index (χ1n) is 11.5. The van der Waals surface area contributed by atoms with Crippen molar-refractivity contribution in [2.75, 3.05) is 26.8 Å². The third-order valence-corrected chi connectivity index (χ3v) is 7.27. The number of rotatable bonds is 4. The molecule has 0 unspecified atom stereocenters. The molecular weight excluding hydrogens is 408 g/mol. The summed E-state index contributed by atoms with van der Waals surface area (Å²) in [5, 5.41) is 0. The maximum atomic E-state index is 12.9. The largest absolute Gasteiger partial charge is 0.493 e. The van der Waals surface area contributed by atoms with Crippen molar-refractivity contribution in [3.63, 3.8) is 0 Å². The predicted octanol–water partition coefficient (Wildman–Crippen LogP) is 3.17. The van der Waals surface area contributed by atoms with Gasteiger partial charge in [0.2, 0.25) is 5.91 Å². The zero-order valence-corrected chi connectivity index (χ0v) is 18.5. The predicted molar refractivity (Wildman–Crippen MR) is 119 cm³/mol. The molecule has 4 heterocycles. The van der Waals surface area contributed by atoms with Crippen molar-refractivity contribution >= 4 is 5.91 Å². The SMILES string of the molecule is COc1cccc2c1OC1(CCN(C(=O)CCn3ccccc3=O)CC1)[C@H]1CCCO[C@H]21. The van der Waals surface area contributed by atoms with Gasteiger partial charge in [-0.1, -0.05) is 18.2 Å². The molecule has 2 atom stereocenters. The molecule has 0 radical (unpaired) electrons. The standard InChI is InChI=1S/C25H30N2O5/c1-30-20-8-4-6-18-23-19(7-5-17-31-23)25(32-24(18)20)11-15-27(16-12-25)22(29)10-14-26-13-3-2-9-21(26)28/h2-4,6,8-9,13,19,23H,5,7,10-12,14-17H2,1H3/t19-,23+/m0/s1. The van der Waals surface area contributed by atoms with Crippen LogP contribution in [0.4, 0.5) is 0 Å². The van der Waals surface area contributed by atoms with Crippen LogP contribution in [0.5, 0.6) is 11.5 Å². The maximum absolute atomic E-state index is 12.9. The van der Waals surface area contributed by atoms with E-state index in [1.54, 1.807) is 23.9 Å². The van der Waals surface area contributed by atoms with Crippen molar-refractivity contribution in [3.05, 3.63) is 58.5 Å². The lowest BCUT2D eigenvalue weighted by Gasteiger charge is -2.53. The van der Waals surface area contributed by atoms with E-state index in [4.69, 9.17) is 14.2 Å². The van der Waals surface area contributed by atoms with Crippen LogP contribution in [-0.2, 0) is 16.1 Å². The van der Waals surface area contributed by atoms with Gasteiger partial charge in [-0.3, -0.25) is 9.59 Å². The average Bonchev–Trinajstić information content (AvgIpc) is 2.84. The summed E-state index contributed by atoms with van der Waals surface area (Å²) in [6, 6.07) is 11.0. The lowest BCUT2D eigenvalue weighted by molar-refractivity contribution is -0.157. The highest BCUT2D eigenvalue weighted by Crippen LogP contribution is 2.55. The van der Waals surface area contributed by atoms with E-state index in [0.29, 0.717) is 26.1 Å². The first-order chi connectivity index (χ1) is 15.6. The molecule has 7 nitrogen and oxygen atoms in total. The Morgan fingerprint density at radius 3 is 2.81 bits per heavy atom. The fourth-order valence-electron chi connectivity index (χ4n) is 5.56. The van der Waals surface area contributed by atoms with Crippen molar-refractivity contribution in [1.29, 1.82) is 0 Å². The van der Waals surface area contributed by atoms with E-state index in [1.807, 2.05) is 23.1 Å². The molecular formula is C25H30N2O5. The summed E-state index contributed by atoms with van der Waals surface area (Å²) in [4.78, 5) is 26.7. The first kappa shape index (κ1) is 21.1. The lowest BCUT2D eigenvalue weighted by atomic mass is 9.70. The molecule has 170 valence electrons. The number of carbonyl (C=O) groups is 1. The molecule has 1 aromatic carbocycles. The number of ether oxygens (including phenoxy) is 3. The van der Waals surface area contributed by atoms with Crippen molar-refractivity contribution in [3.8, 4) is 11.5 Å². The van der Waals surface area contributed by atoms with Gasteiger partial charge in [0.1, 0.15) is 5.60 Å². The number of aryl methyl sites for hydroxylation is 1. The van der Waals surface area contributed by atoms with Crippen LogP contribution in [0.1, 0.15) is 43.8 Å². The Kier molecular flexibility index (Phi) is 5.67. The fourth-order valence-corrected chi connectivity index (χ4v) is 5.56. The van der Waals surface area contributed by atoms with E-state index < -0.39 is 0 Å². The molecule has 1 spiro atoms. The smallest absolute Gasteiger partial charge is 0.250 e. The van der Waals surface area contributed by atoms with Crippen LogP contribution in [0.2, 0.25) is 0 Å². The highest BCUT2D eigenvalue weighted by molar-refractivity contribution is 5.76. The Bertz CT molecular complexity index is 1040. The Morgan fingerprint density at radius 1 is 1.19 bits per heavy atom. The van der Waals surface area contributed by atoms with E-state index in [9.17, 15) is 9.59 Å². The number of methoxy groups -OCH3 is 1. The number of hydrogen-bond donors (Lipinski definition) is 0. The highest BCUT2D eigenvalue weighted by Gasteiger charge is 2.53. The minimum atomic E-state index is -0.347. The van der Waals surface area contributed by atoms with Gasteiger partial charge in [0.15, 0.2) is 11.5 Å². The van der Waals surface area contributed by atoms with E-state index in [0.717, 1.165) is 49.4 Å². The number of piperidine rings is 1. The number of para-hydroxylation sites is 1. The summed E-state index contributed by atoms with van der Waals surface area (Å²) >= 11 is 0. The number of likely N-dealkylation sites (tertiary alicyclic amines) is 1. The molecule has 0 N–H and O–H groups in total. The van der Waals surface area contributed by atoms with Gasteiger partial charge in [-0.15, -0.1) is 0 Å². The van der Waals surface area contributed by atoms with Crippen LogP contribution in [0.15, 0.2) is 47.4 Å². The van der Waals surface area contributed by atoms with Gasteiger partial charge in [-0.05, 0) is 25.0 Å². The van der Waals surface area contributed by atoms with Crippen LogP contribution in [0.25, 0.3) is 0 Å². The number of carbonyl (C=O) groups excluding carboxylic acids is 1. The van der Waals surface area contributed by atoms with Gasteiger partial charge in [0.25, 0.3) is 5.56 Å². The van der Waals surface area contributed by atoms with Crippen molar-refractivity contribution in [2.45, 2.75) is 50.4 Å². The highest BCUT2D eigenvalue weighted by atomic mass is 16.5. The molecule has 7 heteroatoms. The third-order valence-electron chi connectivity index (χ3n) is 7.27. The second-order valence-electron chi connectivity index (χ2n) is 8.95. The molecule has 0 aliphatic carbocycles. The monoisotopic (exact) mass is 438 g/mol. The van der Waals surface area contributed by atoms with Crippen LogP contribution < -0.4 is 15.0 Å². The minimum Gasteiger partial charge on any atom is -0.493 e. The van der Waals surface area contributed by atoms with E-state index >= 15 is 0 Å². The molecule has 2 fully saturated rings. The summed E-state index contributed by atoms with van der Waals surface area (Å²) in [5.41, 5.74) is 0.649. The molecule has 0 saturated carbocycles. The van der Waals surface area contributed by atoms with Gasteiger partial charge in [0, 0.05) is 69.2 Å². The number of amides is 1. The minimum absolute atomic E-state index is 0.00908. The number of hydrogen-bond acceptors (Lipinski definition) is 5. The summed E-state index contributed by atoms with van der Waals surface area (Å²) in [6.45, 7) is 2.46. The van der Waals surface area contributed by atoms with Gasteiger partial charge >= 0.3 is 0 Å². The topological polar surface area (TPSA) is 70.0 Å². The van der Waals surface area contributed by atoms with Gasteiger partial charge < -0.3 is 23.7 Å². The maximum Gasteiger partial charge on any atom is 0.250 e. The van der Waals surface area contributed by atoms with Crippen LogP contribution in [0.3, 0.4) is 0 Å². The second kappa shape index (κ2) is 8.62. The molecule has 2 saturated heterocycles. The van der Waals surface area contributed by atoms with E-state index in [1.165, 1.54) is 6.07 Å². The van der Waals surface area contributed by atoms with Gasteiger partial charge in [-0.2, -0.15) is 0 Å². The third kappa shape index (κ3) is 3.68. The molecule has 1 amide bonds. The van der Waals surface area contributed by atoms with Crippen LogP contribution in [0, 0.1) is 5.92 Å². The molecule has 1 aromatic heterocycles. The van der Waals surface area contributed by atoms with Crippen molar-refractivity contribution in [1.82, 2.24) is 9.47 Å². The first-order valence-corrected chi connectivity index (χ1v) is 11.5. The summed E-state index contributed by atoms with van der Waals surface area (Å²) < 4.78 is 20.2. The van der Waals surface area contributed by atoms with E-state index in [-0.39, 0.29) is 29.1 Å². The van der Waals surface area contributed by atoms with Crippen LogP contribution >= 0.6 is 0 Å². The Morgan fingerprint density at radius 2 is 2.03 bits per heavy atom. The quantitative estimate of drug-likeness (QED) is 0.733. The summed E-state index contributed by atoms with van der Waals surface area (Å²) in [7, 11) is 1.67. The molecule has 5 rings (SSSR count). The Balaban J connectivity index is 1.31.